The van der Waals surface area contributed by atoms with Gasteiger partial charge in [0, 0.05) is 33.7 Å². The largest absolute Gasteiger partial charge is 0.379 e. The van der Waals surface area contributed by atoms with E-state index in [2.05, 4.69) is 64.8 Å². The van der Waals surface area contributed by atoms with E-state index in [0.29, 0.717) is 12.6 Å². The summed E-state index contributed by atoms with van der Waals surface area (Å²) < 4.78 is 5.54. The Bertz CT molecular complexity index is 703. The lowest BCUT2D eigenvalue weighted by molar-refractivity contribution is 0.0169. The zero-order chi connectivity index (χ0) is 18.9. The van der Waals surface area contributed by atoms with Gasteiger partial charge in [0.05, 0.1) is 25.8 Å². The van der Waals surface area contributed by atoms with E-state index in [1.54, 1.807) is 0 Å². The van der Waals surface area contributed by atoms with Crippen molar-refractivity contribution in [1.82, 2.24) is 15.1 Å². The Morgan fingerprint density at radius 3 is 2.25 bits per heavy atom. The number of nitrogens with zero attached hydrogens (tertiary/aromatic N) is 3. The Labute approximate surface area is 185 Å². The lowest BCUT2D eigenvalue weighted by atomic mass is 10.0. The van der Waals surface area contributed by atoms with E-state index in [1.165, 1.54) is 11.1 Å². The first kappa shape index (κ1) is 22.6. The highest BCUT2D eigenvalue weighted by atomic mass is 127. The number of halogens is 1. The van der Waals surface area contributed by atoms with Crippen molar-refractivity contribution >= 4 is 29.9 Å². The van der Waals surface area contributed by atoms with Gasteiger partial charge in [-0.25, -0.2) is 4.99 Å². The molecular formula is C22H31IN4O. The molecule has 1 N–H and O–H groups in total. The lowest BCUT2D eigenvalue weighted by Crippen LogP contribution is -2.46. The van der Waals surface area contributed by atoms with Gasteiger partial charge >= 0.3 is 0 Å². The molecule has 2 aromatic carbocycles. The van der Waals surface area contributed by atoms with Gasteiger partial charge < -0.3 is 15.0 Å². The van der Waals surface area contributed by atoms with E-state index in [1.807, 2.05) is 25.1 Å². The molecule has 0 bridgehead atoms. The van der Waals surface area contributed by atoms with Crippen LogP contribution in [0.5, 0.6) is 0 Å². The maximum absolute atomic E-state index is 5.54. The predicted molar refractivity (Wildman–Crippen MR) is 126 cm³/mol. The minimum absolute atomic E-state index is 0. The van der Waals surface area contributed by atoms with Crippen molar-refractivity contribution in [2.45, 2.75) is 12.6 Å². The van der Waals surface area contributed by atoms with Crippen molar-refractivity contribution in [2.24, 2.45) is 4.99 Å². The molecule has 1 atom stereocenters. The van der Waals surface area contributed by atoms with Crippen molar-refractivity contribution in [1.29, 1.82) is 0 Å². The SMILES string of the molecule is CN(C)C(=NCc1ccccc1)NCC(c1ccccc1)N1CCOCC1.I. The number of benzene rings is 2. The smallest absolute Gasteiger partial charge is 0.193 e. The van der Waals surface area contributed by atoms with Gasteiger partial charge in [-0.1, -0.05) is 60.7 Å². The van der Waals surface area contributed by atoms with Gasteiger partial charge in [0.1, 0.15) is 0 Å². The van der Waals surface area contributed by atoms with Gasteiger partial charge in [-0.3, -0.25) is 4.90 Å². The summed E-state index contributed by atoms with van der Waals surface area (Å²) in [7, 11) is 4.06. The van der Waals surface area contributed by atoms with E-state index in [0.717, 1.165) is 38.8 Å². The molecule has 1 aliphatic rings. The summed E-state index contributed by atoms with van der Waals surface area (Å²) >= 11 is 0. The zero-order valence-electron chi connectivity index (χ0n) is 16.8. The van der Waals surface area contributed by atoms with Crippen LogP contribution >= 0.6 is 24.0 Å². The third-order valence-corrected chi connectivity index (χ3v) is 4.80. The average molecular weight is 494 g/mol. The van der Waals surface area contributed by atoms with Crippen LogP contribution in [0.2, 0.25) is 0 Å². The summed E-state index contributed by atoms with van der Waals surface area (Å²) in [5.41, 5.74) is 2.54. The Hall–Kier alpha value is -1.64. The van der Waals surface area contributed by atoms with Gasteiger partial charge in [-0.15, -0.1) is 24.0 Å². The molecule has 28 heavy (non-hydrogen) atoms. The topological polar surface area (TPSA) is 40.1 Å². The fourth-order valence-corrected chi connectivity index (χ4v) is 3.32. The number of morpholine rings is 1. The van der Waals surface area contributed by atoms with E-state index >= 15 is 0 Å². The lowest BCUT2D eigenvalue weighted by Gasteiger charge is -2.35. The Balaban J connectivity index is 0.00000280. The molecule has 0 saturated carbocycles. The van der Waals surface area contributed by atoms with Crippen LogP contribution in [0.3, 0.4) is 0 Å². The Morgan fingerprint density at radius 1 is 1.04 bits per heavy atom. The first-order chi connectivity index (χ1) is 13.2. The van der Waals surface area contributed by atoms with Crippen LogP contribution in [0.25, 0.3) is 0 Å². The molecule has 1 aliphatic heterocycles. The van der Waals surface area contributed by atoms with Crippen molar-refractivity contribution in [2.75, 3.05) is 46.9 Å². The molecule has 152 valence electrons. The summed E-state index contributed by atoms with van der Waals surface area (Å²) in [5.74, 6) is 0.910. The molecule has 2 aromatic rings. The second kappa shape index (κ2) is 12.0. The Morgan fingerprint density at radius 2 is 1.64 bits per heavy atom. The third-order valence-electron chi connectivity index (χ3n) is 4.80. The van der Waals surface area contributed by atoms with Gasteiger partial charge in [0.25, 0.3) is 0 Å². The van der Waals surface area contributed by atoms with Crippen molar-refractivity contribution < 1.29 is 4.74 Å². The van der Waals surface area contributed by atoms with Crippen LogP contribution in [0.1, 0.15) is 17.2 Å². The fourth-order valence-electron chi connectivity index (χ4n) is 3.32. The summed E-state index contributed by atoms with van der Waals surface area (Å²) in [6, 6.07) is 21.4. The van der Waals surface area contributed by atoms with E-state index in [9.17, 15) is 0 Å². The number of aliphatic imine (C=N–C) groups is 1. The molecule has 5 nitrogen and oxygen atoms in total. The van der Waals surface area contributed by atoms with Crippen molar-refractivity contribution in [3.63, 3.8) is 0 Å². The highest BCUT2D eigenvalue weighted by Gasteiger charge is 2.22. The van der Waals surface area contributed by atoms with E-state index in [-0.39, 0.29) is 24.0 Å². The van der Waals surface area contributed by atoms with Crippen LogP contribution in [0, 0.1) is 0 Å². The molecule has 3 rings (SSSR count). The molecule has 1 unspecified atom stereocenters. The molecular weight excluding hydrogens is 463 g/mol. The second-order valence-corrected chi connectivity index (χ2v) is 6.98. The average Bonchev–Trinajstić information content (AvgIpc) is 2.72. The minimum atomic E-state index is 0. The standard InChI is InChI=1S/C22H30N4O.HI/c1-25(2)22(23-17-19-9-5-3-6-10-19)24-18-21(20-11-7-4-8-12-20)26-13-15-27-16-14-26;/h3-12,21H,13-18H2,1-2H3,(H,23,24);1H. The van der Waals surface area contributed by atoms with Gasteiger partial charge in [-0.05, 0) is 11.1 Å². The fraction of sp³-hybridized carbons (Fsp3) is 0.409. The molecule has 0 spiro atoms. The predicted octanol–water partition coefficient (Wildman–Crippen LogP) is 3.39. The highest BCUT2D eigenvalue weighted by molar-refractivity contribution is 14.0. The van der Waals surface area contributed by atoms with Crippen LogP contribution in [0.4, 0.5) is 0 Å². The first-order valence-corrected chi connectivity index (χ1v) is 9.60. The van der Waals surface area contributed by atoms with Gasteiger partial charge in [0.15, 0.2) is 5.96 Å². The minimum Gasteiger partial charge on any atom is -0.379 e. The molecule has 0 aromatic heterocycles. The molecule has 1 saturated heterocycles. The monoisotopic (exact) mass is 494 g/mol. The number of rotatable bonds is 6. The van der Waals surface area contributed by atoms with Gasteiger partial charge in [-0.2, -0.15) is 0 Å². The van der Waals surface area contributed by atoms with E-state index in [4.69, 9.17) is 9.73 Å². The molecule has 1 heterocycles. The summed E-state index contributed by atoms with van der Waals surface area (Å²) in [6.07, 6.45) is 0. The van der Waals surface area contributed by atoms with Crippen molar-refractivity contribution in [3.8, 4) is 0 Å². The maximum Gasteiger partial charge on any atom is 0.193 e. The quantitative estimate of drug-likeness (QED) is 0.380. The maximum atomic E-state index is 5.54. The number of ether oxygens (including phenoxy) is 1. The molecule has 0 radical (unpaired) electrons. The van der Waals surface area contributed by atoms with Crippen LogP contribution in [0.15, 0.2) is 65.7 Å². The van der Waals surface area contributed by atoms with Crippen LogP contribution in [-0.2, 0) is 11.3 Å². The van der Waals surface area contributed by atoms with Gasteiger partial charge in [0.2, 0.25) is 0 Å². The number of hydrogen-bond donors (Lipinski definition) is 1. The van der Waals surface area contributed by atoms with Crippen LogP contribution in [-0.4, -0.2) is 62.7 Å². The summed E-state index contributed by atoms with van der Waals surface area (Å²) in [5, 5.41) is 3.58. The zero-order valence-corrected chi connectivity index (χ0v) is 19.1. The molecule has 0 amide bonds. The van der Waals surface area contributed by atoms with Crippen molar-refractivity contribution in [3.05, 3.63) is 71.8 Å². The third kappa shape index (κ3) is 6.76. The molecule has 1 fully saturated rings. The second-order valence-electron chi connectivity index (χ2n) is 6.98. The highest BCUT2D eigenvalue weighted by Crippen LogP contribution is 2.21. The first-order valence-electron chi connectivity index (χ1n) is 9.60. The number of nitrogens with one attached hydrogen (secondary N) is 1. The number of hydrogen-bond acceptors (Lipinski definition) is 3. The normalized spacial score (nSPS) is 16.1. The summed E-state index contributed by atoms with van der Waals surface area (Å²) in [4.78, 5) is 9.33. The van der Waals surface area contributed by atoms with E-state index < -0.39 is 0 Å². The Kier molecular flexibility index (Phi) is 9.73. The van der Waals surface area contributed by atoms with Crippen LogP contribution < -0.4 is 5.32 Å². The molecule has 0 aliphatic carbocycles. The number of guanidine groups is 1. The molecule has 6 heteroatoms. The summed E-state index contributed by atoms with van der Waals surface area (Å²) in [6.45, 7) is 5.00.